The molecule has 4 heteroatoms. The summed E-state index contributed by atoms with van der Waals surface area (Å²) in [6.07, 6.45) is 1.60. The summed E-state index contributed by atoms with van der Waals surface area (Å²) in [5.74, 6) is 1.35. The van der Waals surface area contributed by atoms with E-state index in [2.05, 4.69) is 10.3 Å². The van der Waals surface area contributed by atoms with Gasteiger partial charge in [-0.2, -0.15) is 4.68 Å². The molecule has 3 aromatic rings. The maximum Gasteiger partial charge on any atom is 0.242 e. The van der Waals surface area contributed by atoms with Gasteiger partial charge in [-0.05, 0) is 24.3 Å². The standard InChI is InChI=1S/C14H11N3O/c1-3-7-12(8-4-1)17-14(11-15-16-17)18-13-9-5-2-6-10-13/h1-11H. The van der Waals surface area contributed by atoms with Gasteiger partial charge in [0.2, 0.25) is 5.88 Å². The van der Waals surface area contributed by atoms with E-state index in [0.29, 0.717) is 5.88 Å². The van der Waals surface area contributed by atoms with Gasteiger partial charge >= 0.3 is 0 Å². The predicted octanol–water partition coefficient (Wildman–Crippen LogP) is 3.06. The maximum absolute atomic E-state index is 5.74. The third-order valence-electron chi connectivity index (χ3n) is 2.48. The first-order valence-corrected chi connectivity index (χ1v) is 5.62. The molecule has 0 fully saturated rings. The Morgan fingerprint density at radius 2 is 1.50 bits per heavy atom. The molecule has 0 bridgehead atoms. The van der Waals surface area contributed by atoms with Crippen molar-refractivity contribution >= 4 is 0 Å². The van der Waals surface area contributed by atoms with Crippen LogP contribution in [0.5, 0.6) is 11.6 Å². The molecule has 3 rings (SSSR count). The summed E-state index contributed by atoms with van der Waals surface area (Å²) in [6.45, 7) is 0. The van der Waals surface area contributed by atoms with Gasteiger partial charge in [0.05, 0.1) is 5.69 Å². The molecule has 0 aliphatic heterocycles. The van der Waals surface area contributed by atoms with Gasteiger partial charge in [0.25, 0.3) is 0 Å². The molecule has 0 saturated carbocycles. The molecule has 0 atom stereocenters. The molecule has 0 aliphatic rings. The minimum atomic E-state index is 0.590. The molecule has 0 saturated heterocycles. The number of hydrogen-bond donors (Lipinski definition) is 0. The van der Waals surface area contributed by atoms with E-state index in [9.17, 15) is 0 Å². The first kappa shape index (κ1) is 10.5. The fourth-order valence-electron chi connectivity index (χ4n) is 1.65. The molecule has 0 unspecified atom stereocenters. The third-order valence-corrected chi connectivity index (χ3v) is 2.48. The summed E-state index contributed by atoms with van der Waals surface area (Å²) >= 11 is 0. The van der Waals surface area contributed by atoms with Crippen LogP contribution in [0, 0.1) is 0 Å². The number of benzene rings is 2. The lowest BCUT2D eigenvalue weighted by atomic mass is 10.3. The van der Waals surface area contributed by atoms with Gasteiger partial charge in [-0.25, -0.2) is 0 Å². The Labute approximate surface area is 104 Å². The van der Waals surface area contributed by atoms with Crippen LogP contribution < -0.4 is 4.74 Å². The second kappa shape index (κ2) is 4.71. The zero-order chi connectivity index (χ0) is 12.2. The molecule has 0 N–H and O–H groups in total. The summed E-state index contributed by atoms with van der Waals surface area (Å²) in [5.41, 5.74) is 0.918. The highest BCUT2D eigenvalue weighted by atomic mass is 16.5. The summed E-state index contributed by atoms with van der Waals surface area (Å²) in [5, 5.41) is 7.91. The molecule has 88 valence electrons. The molecule has 1 aromatic heterocycles. The number of nitrogens with zero attached hydrogens (tertiary/aromatic N) is 3. The molecular weight excluding hydrogens is 226 g/mol. The van der Waals surface area contributed by atoms with E-state index in [4.69, 9.17) is 4.74 Å². The van der Waals surface area contributed by atoms with Crippen molar-refractivity contribution < 1.29 is 4.74 Å². The Kier molecular flexibility index (Phi) is 2.75. The number of aromatic nitrogens is 3. The van der Waals surface area contributed by atoms with E-state index in [-0.39, 0.29) is 0 Å². The third kappa shape index (κ3) is 2.08. The topological polar surface area (TPSA) is 39.9 Å². The Morgan fingerprint density at radius 1 is 0.833 bits per heavy atom. The van der Waals surface area contributed by atoms with E-state index < -0.39 is 0 Å². The Hall–Kier alpha value is -2.62. The minimum Gasteiger partial charge on any atom is -0.437 e. The van der Waals surface area contributed by atoms with Crippen molar-refractivity contribution in [2.24, 2.45) is 0 Å². The highest BCUT2D eigenvalue weighted by molar-refractivity contribution is 5.35. The molecule has 4 nitrogen and oxygen atoms in total. The lowest BCUT2D eigenvalue weighted by Crippen LogP contribution is -1.99. The largest absolute Gasteiger partial charge is 0.437 e. The van der Waals surface area contributed by atoms with Crippen molar-refractivity contribution in [1.29, 1.82) is 0 Å². The molecule has 1 heterocycles. The zero-order valence-corrected chi connectivity index (χ0v) is 9.60. The van der Waals surface area contributed by atoms with Crippen molar-refractivity contribution in [3.8, 4) is 17.3 Å². The second-order valence-corrected chi connectivity index (χ2v) is 3.73. The van der Waals surface area contributed by atoms with Crippen LogP contribution in [0.4, 0.5) is 0 Å². The summed E-state index contributed by atoms with van der Waals surface area (Å²) in [4.78, 5) is 0. The van der Waals surface area contributed by atoms with Gasteiger partial charge in [-0.1, -0.05) is 41.6 Å². The maximum atomic E-state index is 5.74. The van der Waals surface area contributed by atoms with Crippen LogP contribution >= 0.6 is 0 Å². The average molecular weight is 237 g/mol. The van der Waals surface area contributed by atoms with Crippen LogP contribution in [0.3, 0.4) is 0 Å². The SMILES string of the molecule is c1ccc(Oc2cnnn2-c2ccccc2)cc1. The minimum absolute atomic E-state index is 0.590. The van der Waals surface area contributed by atoms with Crippen LogP contribution in [0.25, 0.3) is 5.69 Å². The monoisotopic (exact) mass is 237 g/mol. The van der Waals surface area contributed by atoms with Crippen molar-refractivity contribution in [2.75, 3.05) is 0 Å². The van der Waals surface area contributed by atoms with Crippen LogP contribution in [0.1, 0.15) is 0 Å². The van der Waals surface area contributed by atoms with Crippen LogP contribution in [-0.4, -0.2) is 15.0 Å². The quantitative estimate of drug-likeness (QED) is 0.702. The van der Waals surface area contributed by atoms with E-state index >= 15 is 0 Å². The molecule has 0 radical (unpaired) electrons. The number of para-hydroxylation sites is 2. The molecule has 0 aliphatic carbocycles. The average Bonchev–Trinajstić information content (AvgIpc) is 2.89. The van der Waals surface area contributed by atoms with E-state index in [0.717, 1.165) is 11.4 Å². The van der Waals surface area contributed by atoms with Crippen molar-refractivity contribution in [1.82, 2.24) is 15.0 Å². The van der Waals surface area contributed by atoms with Crippen LogP contribution in [0.15, 0.2) is 66.9 Å². The van der Waals surface area contributed by atoms with Crippen LogP contribution in [-0.2, 0) is 0 Å². The Morgan fingerprint density at radius 3 is 2.22 bits per heavy atom. The van der Waals surface area contributed by atoms with Crippen molar-refractivity contribution in [3.05, 3.63) is 66.9 Å². The van der Waals surface area contributed by atoms with E-state index in [1.807, 2.05) is 60.7 Å². The van der Waals surface area contributed by atoms with Crippen LogP contribution in [0.2, 0.25) is 0 Å². The van der Waals surface area contributed by atoms with Crippen molar-refractivity contribution in [3.63, 3.8) is 0 Å². The number of ether oxygens (including phenoxy) is 1. The summed E-state index contributed by atoms with van der Waals surface area (Å²) < 4.78 is 7.40. The number of rotatable bonds is 3. The first-order valence-electron chi connectivity index (χ1n) is 5.62. The highest BCUT2D eigenvalue weighted by Gasteiger charge is 2.07. The fraction of sp³-hybridized carbons (Fsp3) is 0. The molecular formula is C14H11N3O. The molecule has 2 aromatic carbocycles. The molecule has 18 heavy (non-hydrogen) atoms. The van der Waals surface area contributed by atoms with E-state index in [1.165, 1.54) is 0 Å². The number of hydrogen-bond acceptors (Lipinski definition) is 3. The molecule has 0 spiro atoms. The van der Waals surface area contributed by atoms with Gasteiger partial charge in [-0.3, -0.25) is 0 Å². The van der Waals surface area contributed by atoms with E-state index in [1.54, 1.807) is 10.9 Å². The normalized spacial score (nSPS) is 10.2. The van der Waals surface area contributed by atoms with Gasteiger partial charge in [0, 0.05) is 0 Å². The predicted molar refractivity (Wildman–Crippen MR) is 67.9 cm³/mol. The Bertz CT molecular complexity index is 620. The zero-order valence-electron chi connectivity index (χ0n) is 9.60. The summed E-state index contributed by atoms with van der Waals surface area (Å²) in [7, 11) is 0. The van der Waals surface area contributed by atoms with Gasteiger partial charge in [0.15, 0.2) is 0 Å². The van der Waals surface area contributed by atoms with Gasteiger partial charge in [0.1, 0.15) is 11.9 Å². The van der Waals surface area contributed by atoms with Gasteiger partial charge in [-0.15, -0.1) is 5.10 Å². The smallest absolute Gasteiger partial charge is 0.242 e. The lowest BCUT2D eigenvalue weighted by molar-refractivity contribution is 0.444. The van der Waals surface area contributed by atoms with Crippen molar-refractivity contribution in [2.45, 2.75) is 0 Å². The molecule has 0 amide bonds. The Balaban J connectivity index is 1.93. The highest BCUT2D eigenvalue weighted by Crippen LogP contribution is 2.22. The lowest BCUT2D eigenvalue weighted by Gasteiger charge is -2.07. The second-order valence-electron chi connectivity index (χ2n) is 3.73. The first-order chi connectivity index (χ1) is 8.93. The fourth-order valence-corrected chi connectivity index (χ4v) is 1.65. The van der Waals surface area contributed by atoms with Gasteiger partial charge < -0.3 is 4.74 Å². The summed E-state index contributed by atoms with van der Waals surface area (Å²) in [6, 6.07) is 19.3.